The SMILES string of the molecule is [2H]C(O)(c1cc(OC)cc2sc(-c3cc(C)cc4nc(COC)cnc34)nc12)C(C)(C)C. The Labute approximate surface area is 187 Å². The van der Waals surface area contributed by atoms with E-state index in [9.17, 15) is 5.11 Å². The summed E-state index contributed by atoms with van der Waals surface area (Å²) >= 11 is 1.48. The molecule has 0 radical (unpaired) electrons. The Morgan fingerprint density at radius 2 is 1.90 bits per heavy atom. The molecule has 0 saturated heterocycles. The van der Waals surface area contributed by atoms with Gasteiger partial charge in [-0.15, -0.1) is 11.3 Å². The van der Waals surface area contributed by atoms with E-state index in [1.54, 1.807) is 26.5 Å². The predicted molar refractivity (Wildman–Crippen MR) is 125 cm³/mol. The van der Waals surface area contributed by atoms with Crippen molar-refractivity contribution in [3.05, 3.63) is 47.3 Å². The molecular formula is C24H27N3O3S. The van der Waals surface area contributed by atoms with E-state index in [0.29, 0.717) is 23.4 Å². The van der Waals surface area contributed by atoms with Gasteiger partial charge in [-0.3, -0.25) is 4.98 Å². The van der Waals surface area contributed by atoms with E-state index in [0.717, 1.165) is 37.6 Å². The van der Waals surface area contributed by atoms with E-state index in [4.69, 9.17) is 15.8 Å². The zero-order valence-corrected chi connectivity index (χ0v) is 19.4. The quantitative estimate of drug-likeness (QED) is 0.446. The monoisotopic (exact) mass is 438 g/mol. The topological polar surface area (TPSA) is 77.4 Å². The first-order valence-corrected chi connectivity index (χ1v) is 10.8. The fourth-order valence-corrected chi connectivity index (χ4v) is 4.54. The van der Waals surface area contributed by atoms with Crippen molar-refractivity contribution in [2.75, 3.05) is 14.2 Å². The van der Waals surface area contributed by atoms with Crippen LogP contribution in [0.4, 0.5) is 0 Å². The summed E-state index contributed by atoms with van der Waals surface area (Å²) in [5, 5.41) is 11.9. The molecule has 0 aliphatic rings. The van der Waals surface area contributed by atoms with Gasteiger partial charge in [-0.05, 0) is 42.2 Å². The third-order valence-electron chi connectivity index (χ3n) is 5.03. The third-order valence-corrected chi connectivity index (χ3v) is 6.07. The lowest BCUT2D eigenvalue weighted by atomic mass is 9.84. The summed E-state index contributed by atoms with van der Waals surface area (Å²) in [4.78, 5) is 14.2. The second kappa shape index (κ2) is 8.15. The van der Waals surface area contributed by atoms with Crippen LogP contribution >= 0.6 is 11.3 Å². The van der Waals surface area contributed by atoms with Crippen molar-refractivity contribution < 1.29 is 16.0 Å². The Balaban J connectivity index is 1.97. The minimum atomic E-state index is -1.85. The lowest BCUT2D eigenvalue weighted by Gasteiger charge is -2.26. The molecule has 4 rings (SSSR count). The number of methoxy groups -OCH3 is 2. The number of hydrogen-bond donors (Lipinski definition) is 1. The third kappa shape index (κ3) is 4.13. The van der Waals surface area contributed by atoms with Gasteiger partial charge in [-0.2, -0.15) is 0 Å². The molecule has 1 N–H and O–H groups in total. The molecule has 0 aliphatic heterocycles. The average molecular weight is 439 g/mol. The van der Waals surface area contributed by atoms with Gasteiger partial charge in [-0.25, -0.2) is 9.97 Å². The second-order valence-corrected chi connectivity index (χ2v) is 9.64. The van der Waals surface area contributed by atoms with Crippen LogP contribution in [0.3, 0.4) is 0 Å². The van der Waals surface area contributed by atoms with Crippen molar-refractivity contribution in [3.63, 3.8) is 0 Å². The van der Waals surface area contributed by atoms with Crippen LogP contribution in [-0.4, -0.2) is 34.3 Å². The Morgan fingerprint density at radius 3 is 2.58 bits per heavy atom. The van der Waals surface area contributed by atoms with Crippen molar-refractivity contribution in [2.45, 2.75) is 40.4 Å². The second-order valence-electron chi connectivity index (χ2n) is 8.61. The van der Waals surface area contributed by atoms with Crippen LogP contribution in [-0.2, 0) is 11.3 Å². The molecule has 0 spiro atoms. The Bertz CT molecular complexity index is 1310. The van der Waals surface area contributed by atoms with Crippen LogP contribution in [0.15, 0.2) is 30.5 Å². The number of aromatic nitrogens is 3. The van der Waals surface area contributed by atoms with E-state index < -0.39 is 11.5 Å². The average Bonchev–Trinajstić information content (AvgIpc) is 3.15. The molecular weight excluding hydrogens is 410 g/mol. The molecule has 162 valence electrons. The van der Waals surface area contributed by atoms with Gasteiger partial charge in [0.2, 0.25) is 0 Å². The summed E-state index contributed by atoms with van der Waals surface area (Å²) in [5.74, 6) is 0.579. The maximum Gasteiger partial charge on any atom is 0.126 e. The van der Waals surface area contributed by atoms with E-state index in [1.807, 2.05) is 45.9 Å². The molecule has 31 heavy (non-hydrogen) atoms. The van der Waals surface area contributed by atoms with Crippen LogP contribution in [0.2, 0.25) is 0 Å². The number of benzene rings is 2. The molecule has 2 heterocycles. The normalized spacial score (nSPS) is 14.6. The van der Waals surface area contributed by atoms with Crippen LogP contribution in [0.5, 0.6) is 5.75 Å². The number of aryl methyl sites for hydroxylation is 1. The van der Waals surface area contributed by atoms with Crippen molar-refractivity contribution >= 4 is 32.6 Å². The summed E-state index contributed by atoms with van der Waals surface area (Å²) in [5.41, 5.74) is 4.49. The Kier molecular flexibility index (Phi) is 5.33. The van der Waals surface area contributed by atoms with E-state index in [-0.39, 0.29) is 0 Å². The summed E-state index contributed by atoms with van der Waals surface area (Å²) in [6, 6.07) is 7.63. The van der Waals surface area contributed by atoms with Gasteiger partial charge >= 0.3 is 0 Å². The predicted octanol–water partition coefficient (Wildman–Crippen LogP) is 5.45. The smallest absolute Gasteiger partial charge is 0.126 e. The maximum absolute atomic E-state index is 11.2. The van der Waals surface area contributed by atoms with Crippen molar-refractivity contribution in [1.29, 1.82) is 0 Å². The molecule has 0 saturated carbocycles. The van der Waals surface area contributed by atoms with Crippen LogP contribution in [0, 0.1) is 12.3 Å². The molecule has 6 nitrogen and oxygen atoms in total. The number of nitrogens with zero attached hydrogens (tertiary/aromatic N) is 3. The van der Waals surface area contributed by atoms with Crippen molar-refractivity contribution in [2.24, 2.45) is 5.41 Å². The van der Waals surface area contributed by atoms with Crippen LogP contribution in [0.25, 0.3) is 31.8 Å². The zero-order chi connectivity index (χ0) is 23.3. The number of ether oxygens (including phenoxy) is 2. The number of aliphatic hydroxyl groups is 1. The molecule has 2 aromatic carbocycles. The molecule has 0 bridgehead atoms. The Hall–Kier alpha value is -2.61. The minimum absolute atomic E-state index is 0.394. The van der Waals surface area contributed by atoms with E-state index >= 15 is 0 Å². The van der Waals surface area contributed by atoms with Crippen LogP contribution < -0.4 is 4.74 Å². The number of rotatable bonds is 5. The van der Waals surface area contributed by atoms with E-state index in [2.05, 4.69) is 9.97 Å². The first-order chi connectivity index (χ1) is 15.0. The fourth-order valence-electron chi connectivity index (χ4n) is 3.51. The standard InChI is InChI=1S/C24H27N3O3S/c1-13-7-17(20-18(8-13)26-14(11-25-20)12-29-5)23-27-21-16(22(28)24(2,3)4)9-15(30-6)10-19(21)31-23/h7-11,22,28H,12H2,1-6H3/i22D. The van der Waals surface area contributed by atoms with Gasteiger partial charge in [0.25, 0.3) is 0 Å². The number of hydrogen-bond acceptors (Lipinski definition) is 7. The largest absolute Gasteiger partial charge is 0.497 e. The Morgan fingerprint density at radius 1 is 1.13 bits per heavy atom. The first-order valence-electron chi connectivity index (χ1n) is 10.5. The number of thiazole rings is 1. The van der Waals surface area contributed by atoms with Gasteiger partial charge in [0.1, 0.15) is 10.8 Å². The highest BCUT2D eigenvalue weighted by molar-refractivity contribution is 7.21. The van der Waals surface area contributed by atoms with Crippen LogP contribution in [0.1, 0.15) is 45.0 Å². The van der Waals surface area contributed by atoms with Gasteiger partial charge in [-0.1, -0.05) is 20.8 Å². The highest BCUT2D eigenvalue weighted by atomic mass is 32.1. The molecule has 0 aliphatic carbocycles. The summed E-state index contributed by atoms with van der Waals surface area (Å²) < 4.78 is 20.2. The lowest BCUT2D eigenvalue weighted by molar-refractivity contribution is 0.0636. The maximum atomic E-state index is 11.2. The van der Waals surface area contributed by atoms with Gasteiger partial charge < -0.3 is 14.6 Å². The molecule has 0 fully saturated rings. The first kappa shape index (κ1) is 20.3. The molecule has 7 heteroatoms. The highest BCUT2D eigenvalue weighted by Crippen LogP contribution is 2.42. The molecule has 0 amide bonds. The summed E-state index contributed by atoms with van der Waals surface area (Å²) in [7, 11) is 3.21. The lowest BCUT2D eigenvalue weighted by Crippen LogP contribution is -2.18. The van der Waals surface area contributed by atoms with Crippen molar-refractivity contribution in [3.8, 4) is 16.3 Å². The molecule has 2 aromatic heterocycles. The van der Waals surface area contributed by atoms with E-state index in [1.165, 1.54) is 11.3 Å². The van der Waals surface area contributed by atoms with Gasteiger partial charge in [0.15, 0.2) is 0 Å². The molecule has 1 unspecified atom stereocenters. The zero-order valence-electron chi connectivity index (χ0n) is 19.6. The summed E-state index contributed by atoms with van der Waals surface area (Å²) in [6.07, 6.45) is -0.136. The fraction of sp³-hybridized carbons (Fsp3) is 0.375. The van der Waals surface area contributed by atoms with Gasteiger partial charge in [0.05, 0.1) is 54.3 Å². The highest BCUT2D eigenvalue weighted by Gasteiger charge is 2.28. The minimum Gasteiger partial charge on any atom is -0.497 e. The van der Waals surface area contributed by atoms with Gasteiger partial charge in [0, 0.05) is 18.2 Å². The summed E-state index contributed by atoms with van der Waals surface area (Å²) in [6.45, 7) is 7.91. The molecule has 1 atom stereocenters. The number of fused-ring (bicyclic) bond motifs is 2. The van der Waals surface area contributed by atoms with Crippen molar-refractivity contribution in [1.82, 2.24) is 15.0 Å². The molecule has 4 aromatic rings.